The Labute approximate surface area is 171 Å². The fraction of sp³-hybridized carbons (Fsp3) is 0.111. The van der Waals surface area contributed by atoms with Crippen LogP contribution < -0.4 is 14.8 Å². The third kappa shape index (κ3) is 5.46. The molecule has 13 heteroatoms. The number of hydrogen-bond donors (Lipinski definition) is 1. The maximum Gasteiger partial charge on any atom is 0.387 e. The molecule has 0 spiro atoms. The van der Waals surface area contributed by atoms with E-state index in [1.165, 1.54) is 12.3 Å². The molecule has 1 heterocycles. The number of amides is 1. The van der Waals surface area contributed by atoms with Crippen LogP contribution in [0.4, 0.5) is 28.9 Å². The number of anilines is 1. The zero-order valence-corrected chi connectivity index (χ0v) is 15.3. The smallest absolute Gasteiger partial charge is 0.387 e. The summed E-state index contributed by atoms with van der Waals surface area (Å²) in [6, 6.07) is 6.57. The maximum atomic E-state index is 13.3. The highest BCUT2D eigenvalue weighted by Crippen LogP contribution is 2.28. The van der Waals surface area contributed by atoms with Crippen molar-refractivity contribution in [3.8, 4) is 11.5 Å². The van der Waals surface area contributed by atoms with E-state index in [4.69, 9.17) is 4.74 Å². The van der Waals surface area contributed by atoms with Gasteiger partial charge in [-0.15, -0.1) is 0 Å². The van der Waals surface area contributed by atoms with Gasteiger partial charge in [0.25, 0.3) is 5.91 Å². The predicted octanol–water partition coefficient (Wildman–Crippen LogP) is 3.96. The molecule has 1 aromatic heterocycles. The number of nitrogens with zero attached hydrogens (tertiary/aromatic N) is 3. The Hall–Kier alpha value is -4.16. The van der Waals surface area contributed by atoms with Crippen LogP contribution in [0.3, 0.4) is 0 Å². The molecule has 0 fully saturated rings. The van der Waals surface area contributed by atoms with Crippen molar-refractivity contribution >= 4 is 17.3 Å². The fourth-order valence-corrected chi connectivity index (χ4v) is 2.42. The lowest BCUT2D eigenvalue weighted by Crippen LogP contribution is -2.16. The van der Waals surface area contributed by atoms with Crippen molar-refractivity contribution in [2.24, 2.45) is 0 Å². The summed E-state index contributed by atoms with van der Waals surface area (Å²) in [4.78, 5) is 22.5. The monoisotopic (exact) mass is 440 g/mol. The summed E-state index contributed by atoms with van der Waals surface area (Å²) < 4.78 is 62.0. The predicted molar refractivity (Wildman–Crippen MR) is 96.9 cm³/mol. The number of rotatable bonds is 8. The Morgan fingerprint density at radius 3 is 2.48 bits per heavy atom. The van der Waals surface area contributed by atoms with Gasteiger partial charge in [-0.05, 0) is 24.3 Å². The van der Waals surface area contributed by atoms with Crippen LogP contribution in [0.5, 0.6) is 11.5 Å². The van der Waals surface area contributed by atoms with Gasteiger partial charge in [0.1, 0.15) is 11.6 Å². The van der Waals surface area contributed by atoms with Crippen molar-refractivity contribution in [1.82, 2.24) is 9.78 Å². The van der Waals surface area contributed by atoms with Gasteiger partial charge in [-0.1, -0.05) is 0 Å². The lowest BCUT2D eigenvalue weighted by Gasteiger charge is -2.11. The first kappa shape index (κ1) is 21.5. The molecule has 3 aromatic rings. The quantitative estimate of drug-likeness (QED) is 0.323. The number of carbonyl (C=O) groups excluding carboxylic acids is 1. The summed E-state index contributed by atoms with van der Waals surface area (Å²) in [7, 11) is 0. The zero-order valence-electron chi connectivity index (χ0n) is 15.3. The largest absolute Gasteiger partial charge is 0.464 e. The number of alkyl halides is 2. The lowest BCUT2D eigenvalue weighted by atomic mass is 10.2. The average Bonchev–Trinajstić information content (AvgIpc) is 3.17. The van der Waals surface area contributed by atoms with Gasteiger partial charge in [0.2, 0.25) is 5.75 Å². The standard InChI is InChI=1S/C18H12F4N4O5/c19-10-1-3-12(15(7-10)31-18(21)22)23-17(27)13-5-6-25(24-13)9-30-16-8-11(20)2-4-14(16)26(28)29/h1-8,18H,9H2,(H,23,27). The van der Waals surface area contributed by atoms with Crippen LogP contribution in [-0.4, -0.2) is 27.2 Å². The first-order chi connectivity index (χ1) is 14.7. The highest BCUT2D eigenvalue weighted by Gasteiger charge is 2.18. The lowest BCUT2D eigenvalue weighted by molar-refractivity contribution is -0.386. The highest BCUT2D eigenvalue weighted by atomic mass is 19.3. The molecule has 0 bridgehead atoms. The molecule has 31 heavy (non-hydrogen) atoms. The van der Waals surface area contributed by atoms with Gasteiger partial charge < -0.3 is 14.8 Å². The second-order valence-corrected chi connectivity index (χ2v) is 5.86. The van der Waals surface area contributed by atoms with Crippen molar-refractivity contribution in [3.63, 3.8) is 0 Å². The minimum absolute atomic E-state index is 0.176. The third-order valence-corrected chi connectivity index (χ3v) is 3.75. The van der Waals surface area contributed by atoms with E-state index in [2.05, 4.69) is 15.2 Å². The minimum atomic E-state index is -3.24. The van der Waals surface area contributed by atoms with Crippen LogP contribution in [0.1, 0.15) is 10.5 Å². The number of nitro benzene ring substituents is 1. The van der Waals surface area contributed by atoms with E-state index in [1.54, 1.807) is 0 Å². The van der Waals surface area contributed by atoms with E-state index in [1.807, 2.05) is 0 Å². The molecule has 2 aromatic carbocycles. The number of nitrogens with one attached hydrogen (secondary N) is 1. The number of nitro groups is 1. The van der Waals surface area contributed by atoms with Gasteiger partial charge in [0, 0.05) is 24.4 Å². The Balaban J connectivity index is 1.70. The summed E-state index contributed by atoms with van der Waals surface area (Å²) in [6.07, 6.45) is 1.29. The number of benzene rings is 2. The Bertz CT molecular complexity index is 1120. The van der Waals surface area contributed by atoms with Crippen molar-refractivity contribution < 1.29 is 36.8 Å². The number of ether oxygens (including phenoxy) is 2. The van der Waals surface area contributed by atoms with Crippen LogP contribution in [0.25, 0.3) is 0 Å². The summed E-state index contributed by atoms with van der Waals surface area (Å²) in [5.74, 6) is -3.35. The van der Waals surface area contributed by atoms with Crippen molar-refractivity contribution in [3.05, 3.63) is 76.1 Å². The van der Waals surface area contributed by atoms with E-state index in [0.717, 1.165) is 35.0 Å². The second kappa shape index (κ2) is 9.11. The molecule has 1 amide bonds. The molecule has 3 rings (SSSR count). The van der Waals surface area contributed by atoms with E-state index >= 15 is 0 Å². The second-order valence-electron chi connectivity index (χ2n) is 5.86. The van der Waals surface area contributed by atoms with E-state index in [0.29, 0.717) is 6.07 Å². The Morgan fingerprint density at radius 1 is 1.13 bits per heavy atom. The summed E-state index contributed by atoms with van der Waals surface area (Å²) in [6.45, 7) is -3.63. The molecule has 0 aliphatic heterocycles. The van der Waals surface area contributed by atoms with Gasteiger partial charge >= 0.3 is 12.3 Å². The number of aromatic nitrogens is 2. The van der Waals surface area contributed by atoms with E-state index < -0.39 is 47.2 Å². The number of carbonyl (C=O) groups is 1. The molecule has 0 saturated heterocycles. The summed E-state index contributed by atoms with van der Waals surface area (Å²) >= 11 is 0. The molecular formula is C18H12F4N4O5. The molecule has 162 valence electrons. The van der Waals surface area contributed by atoms with Crippen molar-refractivity contribution in [2.75, 3.05) is 5.32 Å². The normalized spacial score (nSPS) is 10.7. The van der Waals surface area contributed by atoms with Crippen molar-refractivity contribution in [2.45, 2.75) is 13.3 Å². The van der Waals surface area contributed by atoms with Crippen LogP contribution in [0.2, 0.25) is 0 Å². The molecule has 9 nitrogen and oxygen atoms in total. The molecule has 0 unspecified atom stereocenters. The van der Waals surface area contributed by atoms with Gasteiger partial charge in [-0.25, -0.2) is 13.5 Å². The summed E-state index contributed by atoms with van der Waals surface area (Å²) in [5, 5.41) is 17.1. The Kier molecular flexibility index (Phi) is 6.33. The molecule has 1 N–H and O–H groups in total. The first-order valence-electron chi connectivity index (χ1n) is 8.39. The molecule has 0 atom stereocenters. The minimum Gasteiger partial charge on any atom is -0.464 e. The summed E-state index contributed by atoms with van der Waals surface area (Å²) in [5.41, 5.74) is -0.855. The average molecular weight is 440 g/mol. The molecular weight excluding hydrogens is 428 g/mol. The topological polar surface area (TPSA) is 109 Å². The first-order valence-corrected chi connectivity index (χ1v) is 8.39. The van der Waals surface area contributed by atoms with Gasteiger partial charge in [0.05, 0.1) is 10.6 Å². The van der Waals surface area contributed by atoms with E-state index in [-0.39, 0.29) is 17.1 Å². The van der Waals surface area contributed by atoms with Gasteiger partial charge in [-0.3, -0.25) is 14.9 Å². The number of hydrogen-bond acceptors (Lipinski definition) is 6. The highest BCUT2D eigenvalue weighted by molar-refractivity contribution is 6.03. The Morgan fingerprint density at radius 2 is 1.81 bits per heavy atom. The third-order valence-electron chi connectivity index (χ3n) is 3.75. The van der Waals surface area contributed by atoms with Crippen molar-refractivity contribution in [1.29, 1.82) is 0 Å². The fourth-order valence-electron chi connectivity index (χ4n) is 2.42. The van der Waals surface area contributed by atoms with Gasteiger partial charge in [-0.2, -0.15) is 13.9 Å². The zero-order chi connectivity index (χ0) is 22.5. The maximum absolute atomic E-state index is 13.3. The van der Waals surface area contributed by atoms with Crippen LogP contribution in [-0.2, 0) is 6.73 Å². The SMILES string of the molecule is O=C(Nc1ccc(F)cc1OC(F)F)c1ccn(COc2cc(F)ccc2[N+](=O)[O-])n1. The molecule has 0 aliphatic rings. The van der Waals surface area contributed by atoms with Gasteiger partial charge in [0.15, 0.2) is 18.2 Å². The molecule has 0 radical (unpaired) electrons. The van der Waals surface area contributed by atoms with Crippen LogP contribution in [0.15, 0.2) is 48.7 Å². The van der Waals surface area contributed by atoms with E-state index in [9.17, 15) is 32.5 Å². The van der Waals surface area contributed by atoms with Crippen LogP contribution >= 0.6 is 0 Å². The van der Waals surface area contributed by atoms with Crippen LogP contribution in [0, 0.1) is 21.7 Å². The molecule has 0 saturated carbocycles. The molecule has 0 aliphatic carbocycles. The number of halogens is 4.